The van der Waals surface area contributed by atoms with Crippen LogP contribution in [0, 0.1) is 0 Å². The SMILES string of the molecule is C[C@H]1CCCCN1c1cc(N2CCCCC2)nc(NC(=S)NCCCc2ccccc2)n1. The molecule has 172 valence electrons. The molecular weight excluding hydrogens is 416 g/mol. The monoisotopic (exact) mass is 452 g/mol. The highest BCUT2D eigenvalue weighted by Crippen LogP contribution is 2.28. The molecule has 0 amide bonds. The van der Waals surface area contributed by atoms with Crippen molar-refractivity contribution in [3.8, 4) is 0 Å². The smallest absolute Gasteiger partial charge is 0.232 e. The Morgan fingerprint density at radius 2 is 1.75 bits per heavy atom. The van der Waals surface area contributed by atoms with E-state index < -0.39 is 0 Å². The van der Waals surface area contributed by atoms with Crippen molar-refractivity contribution in [1.82, 2.24) is 15.3 Å². The molecule has 2 aliphatic heterocycles. The topological polar surface area (TPSA) is 56.3 Å². The molecule has 0 aliphatic carbocycles. The second kappa shape index (κ2) is 11.5. The van der Waals surface area contributed by atoms with Crippen LogP contribution in [0.25, 0.3) is 0 Å². The van der Waals surface area contributed by atoms with E-state index in [-0.39, 0.29) is 0 Å². The Bertz CT molecular complexity index is 868. The summed E-state index contributed by atoms with van der Waals surface area (Å²) in [4.78, 5) is 14.5. The molecule has 0 saturated carbocycles. The fraction of sp³-hybridized carbons (Fsp3) is 0.560. The zero-order chi connectivity index (χ0) is 22.2. The van der Waals surface area contributed by atoms with Gasteiger partial charge >= 0.3 is 0 Å². The number of aryl methyl sites for hydroxylation is 1. The Labute approximate surface area is 197 Å². The van der Waals surface area contributed by atoms with E-state index in [2.05, 4.69) is 63.8 Å². The number of benzene rings is 1. The fourth-order valence-electron chi connectivity index (χ4n) is 4.63. The average molecular weight is 453 g/mol. The number of nitrogens with zero attached hydrogens (tertiary/aromatic N) is 4. The number of aromatic nitrogens is 2. The number of hydrogen-bond acceptors (Lipinski definition) is 5. The first-order chi connectivity index (χ1) is 15.7. The van der Waals surface area contributed by atoms with Gasteiger partial charge in [0.05, 0.1) is 0 Å². The van der Waals surface area contributed by atoms with E-state index in [0.717, 1.165) is 50.7 Å². The Morgan fingerprint density at radius 1 is 1.00 bits per heavy atom. The molecule has 0 radical (unpaired) electrons. The largest absolute Gasteiger partial charge is 0.362 e. The molecule has 2 saturated heterocycles. The first-order valence-corrected chi connectivity index (χ1v) is 12.6. The summed E-state index contributed by atoms with van der Waals surface area (Å²) in [6, 6.07) is 13.2. The van der Waals surface area contributed by atoms with Gasteiger partial charge in [0.2, 0.25) is 5.95 Å². The van der Waals surface area contributed by atoms with Crippen LogP contribution < -0.4 is 20.4 Å². The maximum atomic E-state index is 5.56. The minimum atomic E-state index is 0.503. The zero-order valence-corrected chi connectivity index (χ0v) is 20.0. The third-order valence-corrected chi connectivity index (χ3v) is 6.72. The predicted octanol–water partition coefficient (Wildman–Crippen LogP) is 4.76. The number of nitrogens with one attached hydrogen (secondary N) is 2. The summed E-state index contributed by atoms with van der Waals surface area (Å²) in [6.07, 6.45) is 9.55. The van der Waals surface area contributed by atoms with Gasteiger partial charge in [-0.2, -0.15) is 9.97 Å². The summed E-state index contributed by atoms with van der Waals surface area (Å²) in [7, 11) is 0. The lowest BCUT2D eigenvalue weighted by atomic mass is 10.0. The first kappa shape index (κ1) is 22.8. The van der Waals surface area contributed by atoms with Crippen LogP contribution in [-0.2, 0) is 6.42 Å². The normalized spacial score (nSPS) is 19.0. The molecule has 0 unspecified atom stereocenters. The third kappa shape index (κ3) is 6.31. The average Bonchev–Trinajstić information content (AvgIpc) is 2.83. The number of anilines is 3. The molecule has 32 heavy (non-hydrogen) atoms. The van der Waals surface area contributed by atoms with E-state index in [4.69, 9.17) is 22.2 Å². The van der Waals surface area contributed by atoms with Gasteiger partial charge in [-0.1, -0.05) is 30.3 Å². The van der Waals surface area contributed by atoms with E-state index in [1.54, 1.807) is 0 Å². The molecule has 1 aromatic carbocycles. The summed E-state index contributed by atoms with van der Waals surface area (Å²) in [6.45, 7) is 6.30. The van der Waals surface area contributed by atoms with Crippen LogP contribution in [-0.4, -0.2) is 47.3 Å². The number of piperidine rings is 2. The molecule has 0 spiro atoms. The summed E-state index contributed by atoms with van der Waals surface area (Å²) in [5.74, 6) is 2.63. The van der Waals surface area contributed by atoms with Crippen molar-refractivity contribution in [2.24, 2.45) is 0 Å². The van der Waals surface area contributed by atoms with Gasteiger partial charge < -0.3 is 20.4 Å². The number of thiocarbonyl (C=S) groups is 1. The van der Waals surface area contributed by atoms with Crippen LogP contribution in [0.3, 0.4) is 0 Å². The van der Waals surface area contributed by atoms with Crippen molar-refractivity contribution in [3.63, 3.8) is 0 Å². The van der Waals surface area contributed by atoms with E-state index in [1.165, 1.54) is 44.1 Å². The lowest BCUT2D eigenvalue weighted by Crippen LogP contribution is -2.39. The molecule has 3 heterocycles. The number of hydrogen-bond donors (Lipinski definition) is 2. The minimum Gasteiger partial charge on any atom is -0.362 e. The molecule has 0 bridgehead atoms. The van der Waals surface area contributed by atoms with Crippen molar-refractivity contribution in [3.05, 3.63) is 42.0 Å². The van der Waals surface area contributed by atoms with E-state index in [1.807, 2.05) is 0 Å². The second-order valence-corrected chi connectivity index (χ2v) is 9.37. The molecule has 2 aliphatic rings. The van der Waals surface area contributed by atoms with Crippen LogP contribution >= 0.6 is 12.2 Å². The maximum absolute atomic E-state index is 5.56. The second-order valence-electron chi connectivity index (χ2n) is 8.96. The quantitative estimate of drug-likeness (QED) is 0.464. The van der Waals surface area contributed by atoms with E-state index in [0.29, 0.717) is 17.1 Å². The molecule has 6 nitrogen and oxygen atoms in total. The predicted molar refractivity (Wildman–Crippen MR) is 138 cm³/mol. The maximum Gasteiger partial charge on any atom is 0.232 e. The van der Waals surface area contributed by atoms with Gasteiger partial charge in [-0.15, -0.1) is 0 Å². The van der Waals surface area contributed by atoms with E-state index in [9.17, 15) is 0 Å². The van der Waals surface area contributed by atoms with Crippen molar-refractivity contribution < 1.29 is 0 Å². The summed E-state index contributed by atoms with van der Waals surface area (Å²) >= 11 is 5.56. The van der Waals surface area contributed by atoms with Crippen LogP contribution in [0.5, 0.6) is 0 Å². The third-order valence-electron chi connectivity index (χ3n) is 6.47. The number of rotatable bonds is 7. The summed E-state index contributed by atoms with van der Waals surface area (Å²) in [5, 5.41) is 7.17. The minimum absolute atomic E-state index is 0.503. The van der Waals surface area contributed by atoms with Gasteiger partial charge in [0, 0.05) is 38.3 Å². The van der Waals surface area contributed by atoms with E-state index >= 15 is 0 Å². The van der Waals surface area contributed by atoms with Gasteiger partial charge in [0.25, 0.3) is 0 Å². The Morgan fingerprint density at radius 3 is 2.53 bits per heavy atom. The molecule has 2 fully saturated rings. The highest BCUT2D eigenvalue weighted by molar-refractivity contribution is 7.80. The van der Waals surface area contributed by atoms with Gasteiger partial charge in [0.15, 0.2) is 5.11 Å². The Hall–Kier alpha value is -2.41. The van der Waals surface area contributed by atoms with Gasteiger partial charge in [-0.25, -0.2) is 0 Å². The zero-order valence-electron chi connectivity index (χ0n) is 19.2. The summed E-state index contributed by atoms with van der Waals surface area (Å²) in [5.41, 5.74) is 1.35. The molecule has 4 rings (SSSR count). The molecule has 7 heteroatoms. The van der Waals surface area contributed by atoms with Crippen LogP contribution in [0.15, 0.2) is 36.4 Å². The lowest BCUT2D eigenvalue weighted by molar-refractivity contribution is 0.481. The first-order valence-electron chi connectivity index (χ1n) is 12.2. The fourth-order valence-corrected chi connectivity index (χ4v) is 4.83. The van der Waals surface area contributed by atoms with Crippen molar-refractivity contribution >= 4 is 34.9 Å². The van der Waals surface area contributed by atoms with Crippen LogP contribution in [0.1, 0.15) is 57.4 Å². The van der Waals surface area contributed by atoms with Crippen LogP contribution in [0.2, 0.25) is 0 Å². The highest BCUT2D eigenvalue weighted by Gasteiger charge is 2.23. The lowest BCUT2D eigenvalue weighted by Gasteiger charge is -2.35. The van der Waals surface area contributed by atoms with Crippen molar-refractivity contribution in [2.75, 3.05) is 41.3 Å². The highest BCUT2D eigenvalue weighted by atomic mass is 32.1. The van der Waals surface area contributed by atoms with Crippen LogP contribution in [0.4, 0.5) is 17.6 Å². The molecule has 1 aromatic heterocycles. The van der Waals surface area contributed by atoms with Gasteiger partial charge in [-0.3, -0.25) is 0 Å². The molecule has 1 atom stereocenters. The van der Waals surface area contributed by atoms with Crippen molar-refractivity contribution in [2.45, 2.75) is 64.3 Å². The van der Waals surface area contributed by atoms with Gasteiger partial charge in [0.1, 0.15) is 11.6 Å². The van der Waals surface area contributed by atoms with Gasteiger partial charge in [-0.05, 0) is 76.1 Å². The molecule has 2 N–H and O–H groups in total. The molecule has 2 aromatic rings. The Balaban J connectivity index is 1.40. The standard InChI is InChI=1S/C25H36N6S/c1-20-11-6-9-18-31(20)23-19-22(30-16-7-3-8-17-30)27-24(28-23)29-25(32)26-15-10-14-21-12-4-2-5-13-21/h2,4-5,12-13,19-20H,3,6-11,14-18H2,1H3,(H2,26,27,28,29,32)/t20-/m0/s1. The Kier molecular flexibility index (Phi) is 8.15. The summed E-state index contributed by atoms with van der Waals surface area (Å²) < 4.78 is 0. The van der Waals surface area contributed by atoms with Crippen molar-refractivity contribution in [1.29, 1.82) is 0 Å². The molecular formula is C25H36N6S.